The van der Waals surface area contributed by atoms with Gasteiger partial charge in [-0.2, -0.15) is 0 Å². The summed E-state index contributed by atoms with van der Waals surface area (Å²) in [5, 5.41) is 6.75. The van der Waals surface area contributed by atoms with E-state index in [0.29, 0.717) is 0 Å². The predicted molar refractivity (Wildman–Crippen MR) is 72.7 cm³/mol. The Hall–Kier alpha value is -1.16. The van der Waals surface area contributed by atoms with E-state index in [9.17, 15) is 0 Å². The minimum absolute atomic E-state index is 0.725. The molecular formula is C14H22N4. The van der Waals surface area contributed by atoms with Crippen LogP contribution in [0.3, 0.4) is 0 Å². The van der Waals surface area contributed by atoms with Gasteiger partial charge in [0.2, 0.25) is 5.95 Å². The molecule has 18 heavy (non-hydrogen) atoms. The predicted octanol–water partition coefficient (Wildman–Crippen LogP) is 2.16. The fourth-order valence-electron chi connectivity index (χ4n) is 2.70. The second-order valence-corrected chi connectivity index (χ2v) is 5.54. The number of hydrogen-bond donors (Lipinski definition) is 2. The molecule has 2 aliphatic rings. The maximum Gasteiger partial charge on any atom is 0.222 e. The summed E-state index contributed by atoms with van der Waals surface area (Å²) in [6.45, 7) is 3.30. The first-order valence-corrected chi connectivity index (χ1v) is 7.18. The van der Waals surface area contributed by atoms with E-state index >= 15 is 0 Å². The Morgan fingerprint density at radius 1 is 1.11 bits per heavy atom. The van der Waals surface area contributed by atoms with E-state index in [-0.39, 0.29) is 0 Å². The first-order chi connectivity index (χ1) is 8.92. The minimum Gasteiger partial charge on any atom is -0.354 e. The molecule has 1 aliphatic carbocycles. The van der Waals surface area contributed by atoms with Crippen molar-refractivity contribution in [2.24, 2.45) is 5.92 Å². The van der Waals surface area contributed by atoms with Crippen molar-refractivity contribution in [3.63, 3.8) is 0 Å². The van der Waals surface area contributed by atoms with Gasteiger partial charge in [-0.15, -0.1) is 0 Å². The number of nitrogens with zero attached hydrogens (tertiary/aromatic N) is 2. The van der Waals surface area contributed by atoms with Gasteiger partial charge in [0, 0.05) is 18.9 Å². The standard InChI is InChI=1S/C14H22N4/c1-2-12(3-1)13-9-17-14(18-10-13)16-8-11-4-6-15-7-5-11/h9-12,15H,1-8H2,(H,16,17,18). The average molecular weight is 246 g/mol. The number of rotatable bonds is 4. The lowest BCUT2D eigenvalue weighted by atomic mass is 9.81. The summed E-state index contributed by atoms with van der Waals surface area (Å²) in [4.78, 5) is 8.86. The lowest BCUT2D eigenvalue weighted by Gasteiger charge is -2.25. The van der Waals surface area contributed by atoms with Crippen LogP contribution in [0.2, 0.25) is 0 Å². The third kappa shape index (κ3) is 2.80. The lowest BCUT2D eigenvalue weighted by Crippen LogP contribution is -2.31. The van der Waals surface area contributed by atoms with Crippen LogP contribution in [0.15, 0.2) is 12.4 Å². The first-order valence-electron chi connectivity index (χ1n) is 7.18. The van der Waals surface area contributed by atoms with Gasteiger partial charge < -0.3 is 10.6 Å². The Kier molecular flexibility index (Phi) is 3.74. The molecule has 4 nitrogen and oxygen atoms in total. The molecule has 3 rings (SSSR count). The average Bonchev–Trinajstić information content (AvgIpc) is 2.37. The Bertz CT molecular complexity index is 366. The van der Waals surface area contributed by atoms with Crippen LogP contribution in [0, 0.1) is 5.92 Å². The number of nitrogens with one attached hydrogen (secondary N) is 2. The third-order valence-corrected chi connectivity index (χ3v) is 4.26. The summed E-state index contributed by atoms with van der Waals surface area (Å²) in [6.07, 6.45) is 10.5. The number of hydrogen-bond acceptors (Lipinski definition) is 4. The van der Waals surface area contributed by atoms with Gasteiger partial charge in [0.05, 0.1) is 0 Å². The lowest BCUT2D eigenvalue weighted by molar-refractivity contribution is 0.389. The van der Waals surface area contributed by atoms with Gasteiger partial charge in [0.25, 0.3) is 0 Å². The topological polar surface area (TPSA) is 49.8 Å². The summed E-state index contributed by atoms with van der Waals surface area (Å²) in [7, 11) is 0. The van der Waals surface area contributed by atoms with E-state index in [0.717, 1.165) is 37.4 Å². The van der Waals surface area contributed by atoms with E-state index < -0.39 is 0 Å². The van der Waals surface area contributed by atoms with E-state index in [1.165, 1.54) is 37.7 Å². The van der Waals surface area contributed by atoms with Crippen molar-refractivity contribution >= 4 is 5.95 Å². The minimum atomic E-state index is 0.725. The van der Waals surface area contributed by atoms with Crippen LogP contribution in [0.4, 0.5) is 5.95 Å². The van der Waals surface area contributed by atoms with Crippen LogP contribution < -0.4 is 10.6 Å². The van der Waals surface area contributed by atoms with E-state index in [1.54, 1.807) is 0 Å². The van der Waals surface area contributed by atoms with Crippen molar-refractivity contribution in [3.05, 3.63) is 18.0 Å². The highest BCUT2D eigenvalue weighted by Crippen LogP contribution is 2.35. The van der Waals surface area contributed by atoms with Crippen molar-refractivity contribution in [2.75, 3.05) is 25.0 Å². The van der Waals surface area contributed by atoms with Crippen molar-refractivity contribution in [1.29, 1.82) is 0 Å². The normalized spacial score (nSPS) is 21.6. The molecule has 0 radical (unpaired) electrons. The first kappa shape index (κ1) is 11.9. The van der Waals surface area contributed by atoms with E-state index in [1.807, 2.05) is 12.4 Å². The van der Waals surface area contributed by atoms with Gasteiger partial charge in [0.1, 0.15) is 0 Å². The Morgan fingerprint density at radius 2 is 1.83 bits per heavy atom. The second-order valence-electron chi connectivity index (χ2n) is 5.54. The molecule has 0 amide bonds. The van der Waals surface area contributed by atoms with Crippen LogP contribution in [-0.2, 0) is 0 Å². The zero-order valence-corrected chi connectivity index (χ0v) is 10.9. The third-order valence-electron chi connectivity index (χ3n) is 4.26. The van der Waals surface area contributed by atoms with E-state index in [2.05, 4.69) is 20.6 Å². The molecule has 2 N–H and O–H groups in total. The fraction of sp³-hybridized carbons (Fsp3) is 0.714. The van der Waals surface area contributed by atoms with Crippen molar-refractivity contribution in [3.8, 4) is 0 Å². The molecule has 1 aromatic heterocycles. The molecule has 2 fully saturated rings. The van der Waals surface area contributed by atoms with Gasteiger partial charge in [-0.3, -0.25) is 0 Å². The Labute approximate surface area is 109 Å². The van der Waals surface area contributed by atoms with Gasteiger partial charge in [-0.05, 0) is 56.2 Å². The molecule has 1 saturated heterocycles. The van der Waals surface area contributed by atoms with Gasteiger partial charge >= 0.3 is 0 Å². The van der Waals surface area contributed by atoms with Crippen molar-refractivity contribution < 1.29 is 0 Å². The quantitative estimate of drug-likeness (QED) is 0.854. The fourth-order valence-corrected chi connectivity index (χ4v) is 2.70. The molecule has 0 spiro atoms. The molecule has 1 aromatic rings. The molecule has 2 heterocycles. The summed E-state index contributed by atoms with van der Waals surface area (Å²) in [5.74, 6) is 2.28. The van der Waals surface area contributed by atoms with Crippen molar-refractivity contribution in [1.82, 2.24) is 15.3 Å². The van der Waals surface area contributed by atoms with Crippen LogP contribution in [0.1, 0.15) is 43.6 Å². The molecular weight excluding hydrogens is 224 g/mol. The Morgan fingerprint density at radius 3 is 2.44 bits per heavy atom. The molecule has 0 unspecified atom stereocenters. The molecule has 1 saturated carbocycles. The SMILES string of the molecule is c1nc(NCC2CCNCC2)ncc1C1CCC1. The summed E-state index contributed by atoms with van der Waals surface area (Å²) in [6, 6.07) is 0. The highest BCUT2D eigenvalue weighted by molar-refractivity contribution is 5.26. The summed E-state index contributed by atoms with van der Waals surface area (Å²) >= 11 is 0. The van der Waals surface area contributed by atoms with Gasteiger partial charge in [0.15, 0.2) is 0 Å². The van der Waals surface area contributed by atoms with Crippen LogP contribution in [0.5, 0.6) is 0 Å². The van der Waals surface area contributed by atoms with Crippen molar-refractivity contribution in [2.45, 2.75) is 38.0 Å². The Balaban J connectivity index is 1.49. The highest BCUT2D eigenvalue weighted by Gasteiger charge is 2.20. The number of anilines is 1. The maximum atomic E-state index is 4.43. The molecule has 98 valence electrons. The number of piperidine rings is 1. The van der Waals surface area contributed by atoms with Crippen LogP contribution >= 0.6 is 0 Å². The molecule has 1 aliphatic heterocycles. The van der Waals surface area contributed by atoms with Gasteiger partial charge in [-0.1, -0.05) is 6.42 Å². The second kappa shape index (κ2) is 5.65. The molecule has 4 heteroatoms. The van der Waals surface area contributed by atoms with Gasteiger partial charge in [-0.25, -0.2) is 9.97 Å². The van der Waals surface area contributed by atoms with Crippen LogP contribution in [0.25, 0.3) is 0 Å². The molecule has 0 bridgehead atoms. The molecule has 0 atom stereocenters. The highest BCUT2D eigenvalue weighted by atomic mass is 15.1. The van der Waals surface area contributed by atoms with Crippen LogP contribution in [-0.4, -0.2) is 29.6 Å². The zero-order valence-electron chi connectivity index (χ0n) is 10.9. The summed E-state index contributed by atoms with van der Waals surface area (Å²) in [5.41, 5.74) is 1.31. The zero-order chi connectivity index (χ0) is 12.2. The molecule has 0 aromatic carbocycles. The summed E-state index contributed by atoms with van der Waals surface area (Å²) < 4.78 is 0. The monoisotopic (exact) mass is 246 g/mol. The number of aromatic nitrogens is 2. The largest absolute Gasteiger partial charge is 0.354 e. The maximum absolute atomic E-state index is 4.43. The van der Waals surface area contributed by atoms with E-state index in [4.69, 9.17) is 0 Å². The smallest absolute Gasteiger partial charge is 0.222 e.